The fourth-order valence-electron chi connectivity index (χ4n) is 2.35. The topological polar surface area (TPSA) is 38.0 Å². The van der Waals surface area contributed by atoms with Crippen LogP contribution in [0.3, 0.4) is 0 Å². The van der Waals surface area contributed by atoms with Crippen molar-refractivity contribution in [2.24, 2.45) is 5.41 Å². The van der Waals surface area contributed by atoms with Gasteiger partial charge >= 0.3 is 0 Å². The van der Waals surface area contributed by atoms with E-state index < -0.39 is 0 Å². The van der Waals surface area contributed by atoms with E-state index in [2.05, 4.69) is 12.0 Å². The fourth-order valence-corrected chi connectivity index (χ4v) is 2.35. The predicted octanol–water partition coefficient (Wildman–Crippen LogP) is 1.96. The van der Waals surface area contributed by atoms with Crippen molar-refractivity contribution in [3.8, 4) is 0 Å². The smallest absolute Gasteiger partial charge is 0.0712 e. The monoisotopic (exact) mass is 194 g/mol. The van der Waals surface area contributed by atoms with Gasteiger partial charge in [0.1, 0.15) is 0 Å². The highest BCUT2D eigenvalue weighted by Gasteiger charge is 2.29. The Kier molecular flexibility index (Phi) is 2.59. The molecule has 1 heterocycles. The van der Waals surface area contributed by atoms with Crippen LogP contribution in [-0.4, -0.2) is 14.9 Å². The zero-order chi connectivity index (χ0) is 10.0. The van der Waals surface area contributed by atoms with Crippen LogP contribution >= 0.6 is 0 Å². The van der Waals surface area contributed by atoms with E-state index in [1.807, 2.05) is 10.9 Å². The zero-order valence-corrected chi connectivity index (χ0v) is 8.74. The normalized spacial score (nSPS) is 20.1. The van der Waals surface area contributed by atoms with Crippen LogP contribution in [0.25, 0.3) is 0 Å². The average Bonchev–Trinajstić information content (AvgIpc) is 2.75. The van der Waals surface area contributed by atoms with Gasteiger partial charge in [-0.15, -0.1) is 0 Å². The molecule has 0 saturated heterocycles. The summed E-state index contributed by atoms with van der Waals surface area (Å²) in [4.78, 5) is 0. The Hall–Kier alpha value is -0.830. The third-order valence-corrected chi connectivity index (χ3v) is 3.22. The zero-order valence-electron chi connectivity index (χ0n) is 8.74. The standard InChI is InChI=1S/C11H18N2O/c1-11(4-2-3-5-11)9-13-7-10(8-14)6-12-13/h6-7,14H,2-5,8-9H2,1H3. The molecular weight excluding hydrogens is 176 g/mol. The maximum absolute atomic E-state index is 8.92. The molecular formula is C11H18N2O. The van der Waals surface area contributed by atoms with Gasteiger partial charge in [-0.05, 0) is 18.3 Å². The molecule has 0 unspecified atom stereocenters. The SMILES string of the molecule is CC1(Cn2cc(CO)cn2)CCCC1. The molecule has 0 aliphatic heterocycles. The number of aliphatic hydroxyl groups is 1. The number of rotatable bonds is 3. The van der Waals surface area contributed by atoms with E-state index in [0.717, 1.165) is 12.1 Å². The van der Waals surface area contributed by atoms with Crippen molar-refractivity contribution in [3.63, 3.8) is 0 Å². The molecule has 0 spiro atoms. The number of hydrogen-bond acceptors (Lipinski definition) is 2. The number of nitrogens with zero attached hydrogens (tertiary/aromatic N) is 2. The lowest BCUT2D eigenvalue weighted by atomic mass is 9.89. The average molecular weight is 194 g/mol. The first-order valence-corrected chi connectivity index (χ1v) is 5.34. The van der Waals surface area contributed by atoms with Gasteiger partial charge in [0, 0.05) is 18.3 Å². The highest BCUT2D eigenvalue weighted by molar-refractivity contribution is 5.01. The van der Waals surface area contributed by atoms with Crippen molar-refractivity contribution >= 4 is 0 Å². The van der Waals surface area contributed by atoms with Gasteiger partial charge < -0.3 is 5.11 Å². The first-order valence-electron chi connectivity index (χ1n) is 5.34. The van der Waals surface area contributed by atoms with Crippen molar-refractivity contribution in [1.82, 2.24) is 9.78 Å². The minimum Gasteiger partial charge on any atom is -0.392 e. The van der Waals surface area contributed by atoms with Gasteiger partial charge in [-0.3, -0.25) is 4.68 Å². The molecule has 1 saturated carbocycles. The molecule has 0 aromatic carbocycles. The lowest BCUT2D eigenvalue weighted by molar-refractivity contribution is 0.266. The van der Waals surface area contributed by atoms with E-state index in [1.165, 1.54) is 25.7 Å². The summed E-state index contributed by atoms with van der Waals surface area (Å²) in [6, 6.07) is 0. The molecule has 0 bridgehead atoms. The van der Waals surface area contributed by atoms with Crippen molar-refractivity contribution in [3.05, 3.63) is 18.0 Å². The number of aromatic nitrogens is 2. The highest BCUT2D eigenvalue weighted by atomic mass is 16.3. The van der Waals surface area contributed by atoms with E-state index in [9.17, 15) is 0 Å². The van der Waals surface area contributed by atoms with Crippen LogP contribution in [0.2, 0.25) is 0 Å². The Bertz CT molecular complexity index is 300. The maximum atomic E-state index is 8.92. The molecule has 1 aliphatic rings. The van der Waals surface area contributed by atoms with Crippen LogP contribution < -0.4 is 0 Å². The second-order valence-corrected chi connectivity index (χ2v) is 4.72. The third kappa shape index (κ3) is 1.98. The van der Waals surface area contributed by atoms with Gasteiger partial charge in [-0.1, -0.05) is 19.8 Å². The quantitative estimate of drug-likeness (QED) is 0.798. The summed E-state index contributed by atoms with van der Waals surface area (Å²) in [6.45, 7) is 3.42. The Morgan fingerprint density at radius 3 is 2.79 bits per heavy atom. The number of hydrogen-bond donors (Lipinski definition) is 1. The Morgan fingerprint density at radius 2 is 2.21 bits per heavy atom. The van der Waals surface area contributed by atoms with Crippen molar-refractivity contribution < 1.29 is 5.11 Å². The molecule has 3 nitrogen and oxygen atoms in total. The molecule has 1 N–H and O–H groups in total. The van der Waals surface area contributed by atoms with Crippen molar-refractivity contribution in [2.75, 3.05) is 0 Å². The molecule has 1 aliphatic carbocycles. The van der Waals surface area contributed by atoms with Crippen LogP contribution in [0.4, 0.5) is 0 Å². The second kappa shape index (κ2) is 3.73. The Labute approximate surface area is 84.7 Å². The molecule has 0 amide bonds. The molecule has 1 fully saturated rings. The van der Waals surface area contributed by atoms with Gasteiger partial charge in [0.15, 0.2) is 0 Å². The van der Waals surface area contributed by atoms with Crippen molar-refractivity contribution in [1.29, 1.82) is 0 Å². The lowest BCUT2D eigenvalue weighted by Crippen LogP contribution is -2.19. The molecule has 78 valence electrons. The van der Waals surface area contributed by atoms with E-state index in [-0.39, 0.29) is 6.61 Å². The highest BCUT2D eigenvalue weighted by Crippen LogP contribution is 2.38. The van der Waals surface area contributed by atoms with E-state index in [1.54, 1.807) is 6.20 Å². The van der Waals surface area contributed by atoms with Gasteiger partial charge in [-0.25, -0.2) is 0 Å². The van der Waals surface area contributed by atoms with E-state index >= 15 is 0 Å². The number of aliphatic hydroxyl groups excluding tert-OH is 1. The minimum absolute atomic E-state index is 0.0940. The van der Waals surface area contributed by atoms with E-state index in [0.29, 0.717) is 5.41 Å². The first-order chi connectivity index (χ1) is 6.72. The molecule has 1 aromatic rings. The molecule has 0 atom stereocenters. The summed E-state index contributed by atoms with van der Waals surface area (Å²) in [7, 11) is 0. The molecule has 3 heteroatoms. The largest absolute Gasteiger partial charge is 0.392 e. The maximum Gasteiger partial charge on any atom is 0.0712 e. The fraction of sp³-hybridized carbons (Fsp3) is 0.727. The summed E-state index contributed by atoms with van der Waals surface area (Å²) in [6.07, 6.45) is 9.01. The second-order valence-electron chi connectivity index (χ2n) is 4.72. The van der Waals surface area contributed by atoms with Gasteiger partial charge in [-0.2, -0.15) is 5.10 Å². The lowest BCUT2D eigenvalue weighted by Gasteiger charge is -2.22. The van der Waals surface area contributed by atoms with Crippen molar-refractivity contribution in [2.45, 2.75) is 45.8 Å². The summed E-state index contributed by atoms with van der Waals surface area (Å²) in [5.41, 5.74) is 1.34. The molecule has 2 rings (SSSR count). The Balaban J connectivity index is 2.02. The summed E-state index contributed by atoms with van der Waals surface area (Å²) >= 11 is 0. The Morgan fingerprint density at radius 1 is 1.50 bits per heavy atom. The molecule has 0 radical (unpaired) electrons. The van der Waals surface area contributed by atoms with Crippen LogP contribution in [0.1, 0.15) is 38.2 Å². The molecule has 14 heavy (non-hydrogen) atoms. The van der Waals surface area contributed by atoms with Gasteiger partial charge in [0.05, 0.1) is 12.8 Å². The van der Waals surface area contributed by atoms with Gasteiger partial charge in [0.2, 0.25) is 0 Å². The van der Waals surface area contributed by atoms with Crippen LogP contribution in [0, 0.1) is 5.41 Å². The summed E-state index contributed by atoms with van der Waals surface area (Å²) in [5.74, 6) is 0. The van der Waals surface area contributed by atoms with Crippen LogP contribution in [-0.2, 0) is 13.2 Å². The van der Waals surface area contributed by atoms with Gasteiger partial charge in [0.25, 0.3) is 0 Å². The first kappa shape index (κ1) is 9.71. The summed E-state index contributed by atoms with van der Waals surface area (Å²) in [5, 5.41) is 13.2. The molecule has 1 aromatic heterocycles. The predicted molar refractivity (Wildman–Crippen MR) is 54.7 cm³/mol. The third-order valence-electron chi connectivity index (χ3n) is 3.22. The summed E-state index contributed by atoms with van der Waals surface area (Å²) < 4.78 is 1.97. The van der Waals surface area contributed by atoms with Crippen LogP contribution in [0.15, 0.2) is 12.4 Å². The van der Waals surface area contributed by atoms with E-state index in [4.69, 9.17) is 5.11 Å². The minimum atomic E-state index is 0.0940. The van der Waals surface area contributed by atoms with Crippen LogP contribution in [0.5, 0.6) is 0 Å².